The van der Waals surface area contributed by atoms with Gasteiger partial charge in [-0.05, 0) is 35.2 Å². The molecule has 1 aliphatic heterocycles. The molecule has 0 bridgehead atoms. The van der Waals surface area contributed by atoms with Crippen molar-refractivity contribution < 1.29 is 29.4 Å². The molecule has 0 fully saturated rings. The number of nitrogens with zero attached hydrogens (tertiary/aromatic N) is 1. The summed E-state index contributed by atoms with van der Waals surface area (Å²) in [5.41, 5.74) is 0.352. The van der Waals surface area contributed by atoms with Gasteiger partial charge in [-0.2, -0.15) is 0 Å². The number of carboxylic acids is 2. The average molecular weight is 359 g/mol. The third-order valence-electron chi connectivity index (χ3n) is 4.49. The minimum Gasteiger partial charge on any atom is -0.545 e. The number of benzene rings is 3. The van der Waals surface area contributed by atoms with Crippen LogP contribution in [0.1, 0.15) is 41.4 Å². The summed E-state index contributed by atoms with van der Waals surface area (Å²) in [7, 11) is 0. The van der Waals surface area contributed by atoms with Gasteiger partial charge in [-0.15, -0.1) is 0 Å². The van der Waals surface area contributed by atoms with E-state index in [4.69, 9.17) is 0 Å². The van der Waals surface area contributed by atoms with Gasteiger partial charge in [0, 0.05) is 22.1 Å². The number of carbonyl (C=O) groups excluding carboxylic acids is 4. The Labute approximate surface area is 152 Å². The van der Waals surface area contributed by atoms with Crippen LogP contribution < -0.4 is 15.1 Å². The Kier molecular flexibility index (Phi) is 3.52. The summed E-state index contributed by atoms with van der Waals surface area (Å²) in [5, 5.41) is 22.7. The van der Waals surface area contributed by atoms with Crippen LogP contribution in [0.2, 0.25) is 0 Å². The molecular formula is C20H9NO6-2. The number of hydrogen-bond acceptors (Lipinski definition) is 6. The number of hydrogen-bond donors (Lipinski definition) is 0. The molecule has 0 unspecified atom stereocenters. The highest BCUT2D eigenvalue weighted by Gasteiger charge is 2.34. The van der Waals surface area contributed by atoms with Crippen molar-refractivity contribution in [2.24, 2.45) is 0 Å². The minimum absolute atomic E-state index is 0.0863. The zero-order valence-electron chi connectivity index (χ0n) is 13.6. The second-order valence-corrected chi connectivity index (χ2v) is 5.96. The Balaban J connectivity index is 1.91. The van der Waals surface area contributed by atoms with E-state index in [2.05, 4.69) is 0 Å². The quantitative estimate of drug-likeness (QED) is 0.624. The Bertz CT molecular complexity index is 1140. The van der Waals surface area contributed by atoms with Crippen molar-refractivity contribution in [1.82, 2.24) is 0 Å². The third kappa shape index (κ3) is 2.36. The fraction of sp³-hybridized carbons (Fsp3) is 0. The molecule has 1 heterocycles. The summed E-state index contributed by atoms with van der Waals surface area (Å²) < 4.78 is 0. The van der Waals surface area contributed by atoms with Crippen molar-refractivity contribution in [3.63, 3.8) is 0 Å². The average Bonchev–Trinajstić information content (AvgIpc) is 2.66. The maximum absolute atomic E-state index is 12.9. The number of carbonyl (C=O) groups is 4. The Morgan fingerprint density at radius 2 is 1.37 bits per heavy atom. The first-order valence-electron chi connectivity index (χ1n) is 7.87. The Morgan fingerprint density at radius 1 is 0.741 bits per heavy atom. The molecule has 0 aromatic heterocycles. The molecule has 3 aromatic carbocycles. The lowest BCUT2D eigenvalue weighted by atomic mass is 9.91. The van der Waals surface area contributed by atoms with Crippen LogP contribution in [-0.4, -0.2) is 23.8 Å². The SMILES string of the molecule is O=C([O-])c1ccc(N2C(=O)c3cccc4c(C(=O)[O-])ccc(c34)C2=O)cc1. The zero-order valence-corrected chi connectivity index (χ0v) is 13.6. The lowest BCUT2D eigenvalue weighted by Crippen LogP contribution is -2.40. The summed E-state index contributed by atoms with van der Waals surface area (Å²) in [6, 6.07) is 12.3. The van der Waals surface area contributed by atoms with E-state index in [1.165, 1.54) is 54.6 Å². The predicted octanol–water partition coefficient (Wildman–Crippen LogP) is 0.367. The summed E-state index contributed by atoms with van der Waals surface area (Å²) in [6.07, 6.45) is 0. The van der Waals surface area contributed by atoms with Crippen molar-refractivity contribution in [3.05, 3.63) is 76.9 Å². The van der Waals surface area contributed by atoms with Gasteiger partial charge in [0.05, 0.1) is 17.6 Å². The molecule has 1 aliphatic rings. The van der Waals surface area contributed by atoms with Gasteiger partial charge in [0.15, 0.2) is 0 Å². The maximum atomic E-state index is 12.9. The van der Waals surface area contributed by atoms with Crippen molar-refractivity contribution >= 4 is 40.2 Å². The summed E-state index contributed by atoms with van der Waals surface area (Å²) >= 11 is 0. The van der Waals surface area contributed by atoms with Crippen molar-refractivity contribution in [2.45, 2.75) is 0 Å². The lowest BCUT2D eigenvalue weighted by Gasteiger charge is -2.28. The third-order valence-corrected chi connectivity index (χ3v) is 4.49. The number of aromatic carboxylic acids is 2. The molecule has 7 nitrogen and oxygen atoms in total. The molecule has 0 spiro atoms. The van der Waals surface area contributed by atoms with Crippen LogP contribution in [-0.2, 0) is 0 Å². The predicted molar refractivity (Wildman–Crippen MR) is 90.2 cm³/mol. The molecule has 0 atom stereocenters. The number of carboxylic acid groups (broad SMARTS) is 2. The number of rotatable bonds is 3. The number of anilines is 1. The lowest BCUT2D eigenvalue weighted by molar-refractivity contribution is -0.256. The smallest absolute Gasteiger partial charge is 0.265 e. The van der Waals surface area contributed by atoms with E-state index in [-0.39, 0.29) is 38.7 Å². The van der Waals surface area contributed by atoms with Crippen molar-refractivity contribution in [2.75, 3.05) is 4.90 Å². The maximum Gasteiger partial charge on any atom is 0.265 e. The largest absolute Gasteiger partial charge is 0.545 e. The van der Waals surface area contributed by atoms with Crippen LogP contribution >= 0.6 is 0 Å². The van der Waals surface area contributed by atoms with Gasteiger partial charge in [-0.3, -0.25) is 9.59 Å². The second-order valence-electron chi connectivity index (χ2n) is 5.96. The van der Waals surface area contributed by atoms with Gasteiger partial charge >= 0.3 is 0 Å². The Morgan fingerprint density at radius 3 is 1.96 bits per heavy atom. The molecule has 3 aromatic rings. The van der Waals surface area contributed by atoms with Crippen LogP contribution in [0.4, 0.5) is 5.69 Å². The Hall–Kier alpha value is -4.00. The van der Waals surface area contributed by atoms with E-state index < -0.39 is 23.8 Å². The van der Waals surface area contributed by atoms with Crippen LogP contribution in [0.3, 0.4) is 0 Å². The monoisotopic (exact) mass is 359 g/mol. The molecule has 7 heteroatoms. The molecule has 0 radical (unpaired) electrons. The standard InChI is InChI=1S/C20H11NO6/c22-17-14-3-1-2-12-13(20(26)27)8-9-15(16(12)14)18(23)21(17)11-6-4-10(5-7-11)19(24)25/h1-9H,(H,24,25)(H,26,27)/p-2. The summed E-state index contributed by atoms with van der Waals surface area (Å²) in [5.74, 6) is -4.04. The summed E-state index contributed by atoms with van der Waals surface area (Å²) in [4.78, 5) is 49.0. The van der Waals surface area contributed by atoms with Crippen LogP contribution in [0.15, 0.2) is 54.6 Å². The first-order valence-corrected chi connectivity index (χ1v) is 7.87. The summed E-state index contributed by atoms with van der Waals surface area (Å²) in [6.45, 7) is 0. The highest BCUT2D eigenvalue weighted by Crippen LogP contribution is 2.34. The highest BCUT2D eigenvalue weighted by atomic mass is 16.4. The van der Waals surface area contributed by atoms with Gasteiger partial charge in [0.1, 0.15) is 0 Å². The highest BCUT2D eigenvalue weighted by molar-refractivity contribution is 6.36. The zero-order chi connectivity index (χ0) is 19.3. The minimum atomic E-state index is -1.40. The van der Waals surface area contributed by atoms with Crippen LogP contribution in [0, 0.1) is 0 Å². The van der Waals surface area contributed by atoms with E-state index in [0.717, 1.165) is 4.90 Å². The first-order chi connectivity index (χ1) is 12.9. The molecule has 0 saturated carbocycles. The van der Waals surface area contributed by atoms with Gasteiger partial charge in [-0.1, -0.05) is 30.3 Å². The molecule has 0 saturated heterocycles. The normalized spacial score (nSPS) is 13.1. The van der Waals surface area contributed by atoms with E-state index in [0.29, 0.717) is 0 Å². The topological polar surface area (TPSA) is 118 Å². The molecule has 132 valence electrons. The molecule has 4 rings (SSSR count). The van der Waals surface area contributed by atoms with E-state index in [9.17, 15) is 29.4 Å². The number of imide groups is 1. The molecular weight excluding hydrogens is 350 g/mol. The van der Waals surface area contributed by atoms with Crippen molar-refractivity contribution in [1.29, 1.82) is 0 Å². The van der Waals surface area contributed by atoms with Gasteiger partial charge in [0.25, 0.3) is 11.8 Å². The van der Waals surface area contributed by atoms with Gasteiger partial charge < -0.3 is 19.8 Å². The molecule has 0 N–H and O–H groups in total. The van der Waals surface area contributed by atoms with Gasteiger partial charge in [0.2, 0.25) is 0 Å². The van der Waals surface area contributed by atoms with E-state index >= 15 is 0 Å². The van der Waals surface area contributed by atoms with Crippen molar-refractivity contribution in [3.8, 4) is 0 Å². The molecule has 27 heavy (non-hydrogen) atoms. The number of amides is 2. The fourth-order valence-electron chi connectivity index (χ4n) is 3.26. The molecule has 2 amide bonds. The second kappa shape index (κ2) is 5.77. The van der Waals surface area contributed by atoms with E-state index in [1.807, 2.05) is 0 Å². The van der Waals surface area contributed by atoms with E-state index in [1.54, 1.807) is 0 Å². The van der Waals surface area contributed by atoms with Crippen LogP contribution in [0.5, 0.6) is 0 Å². The molecule has 0 aliphatic carbocycles. The van der Waals surface area contributed by atoms with Gasteiger partial charge in [-0.25, -0.2) is 4.90 Å². The fourth-order valence-corrected chi connectivity index (χ4v) is 3.26. The first kappa shape index (κ1) is 16.5. The van der Waals surface area contributed by atoms with Crippen LogP contribution in [0.25, 0.3) is 10.8 Å².